The molecule has 6 heteroatoms. The quantitative estimate of drug-likeness (QED) is 0.735. The summed E-state index contributed by atoms with van der Waals surface area (Å²) in [5, 5.41) is 5.60. The van der Waals surface area contributed by atoms with E-state index in [1.807, 2.05) is 31.2 Å². The smallest absolute Gasteiger partial charge is 0.268 e. The Morgan fingerprint density at radius 1 is 1.21 bits per heavy atom. The number of para-hydroxylation sites is 2. The van der Waals surface area contributed by atoms with Crippen LogP contribution in [0.3, 0.4) is 0 Å². The van der Waals surface area contributed by atoms with Crippen LogP contribution < -0.4 is 20.1 Å². The van der Waals surface area contributed by atoms with Gasteiger partial charge in [-0.15, -0.1) is 0 Å². The summed E-state index contributed by atoms with van der Waals surface area (Å²) < 4.78 is 11.4. The van der Waals surface area contributed by atoms with Crippen molar-refractivity contribution in [3.8, 4) is 11.5 Å². The second-order valence-corrected chi connectivity index (χ2v) is 6.95. The Bertz CT molecular complexity index is 919. The minimum absolute atomic E-state index is 0.265. The highest BCUT2D eigenvalue weighted by molar-refractivity contribution is 6.08. The summed E-state index contributed by atoms with van der Waals surface area (Å²) in [7, 11) is 0. The van der Waals surface area contributed by atoms with Gasteiger partial charge in [-0.1, -0.05) is 31.2 Å². The Kier molecular flexibility index (Phi) is 5.68. The van der Waals surface area contributed by atoms with Gasteiger partial charge in [0.1, 0.15) is 17.2 Å². The number of fused-ring (bicyclic) bond motifs is 1. The van der Waals surface area contributed by atoms with E-state index in [9.17, 15) is 9.59 Å². The lowest BCUT2D eigenvalue weighted by atomic mass is 10.1. The van der Waals surface area contributed by atoms with Crippen molar-refractivity contribution in [2.24, 2.45) is 0 Å². The molecule has 0 spiro atoms. The van der Waals surface area contributed by atoms with Gasteiger partial charge in [0.05, 0.1) is 12.3 Å². The van der Waals surface area contributed by atoms with E-state index < -0.39 is 5.60 Å². The topological polar surface area (TPSA) is 76.7 Å². The third kappa shape index (κ3) is 4.34. The third-order valence-electron chi connectivity index (χ3n) is 4.23. The molecule has 0 aromatic heterocycles. The Hall–Kier alpha value is -3.28. The molecule has 3 rings (SSSR count). The molecule has 0 saturated heterocycles. The summed E-state index contributed by atoms with van der Waals surface area (Å²) in [6.45, 7) is 6.04. The van der Waals surface area contributed by atoms with Gasteiger partial charge < -0.3 is 20.1 Å². The van der Waals surface area contributed by atoms with Gasteiger partial charge >= 0.3 is 0 Å². The van der Waals surface area contributed by atoms with Gasteiger partial charge in [0.15, 0.2) is 5.60 Å². The van der Waals surface area contributed by atoms with E-state index in [2.05, 4.69) is 10.6 Å². The number of carbonyl (C=O) groups is 2. The molecule has 0 aliphatic carbocycles. The minimum Gasteiger partial charge on any atom is -0.493 e. The first-order valence-electron chi connectivity index (χ1n) is 9.25. The Labute approximate surface area is 164 Å². The van der Waals surface area contributed by atoms with E-state index >= 15 is 0 Å². The first kappa shape index (κ1) is 19.5. The maximum absolute atomic E-state index is 12.4. The van der Waals surface area contributed by atoms with E-state index in [1.165, 1.54) is 6.08 Å². The molecule has 2 aromatic carbocycles. The van der Waals surface area contributed by atoms with Crippen LogP contribution in [0.25, 0.3) is 6.08 Å². The van der Waals surface area contributed by atoms with Gasteiger partial charge in [-0.05, 0) is 44.5 Å². The van der Waals surface area contributed by atoms with E-state index in [1.54, 1.807) is 38.1 Å². The Balaban J connectivity index is 1.75. The molecule has 1 heterocycles. The third-order valence-corrected chi connectivity index (χ3v) is 4.23. The van der Waals surface area contributed by atoms with Crippen molar-refractivity contribution in [2.75, 3.05) is 17.2 Å². The fourth-order valence-electron chi connectivity index (χ4n) is 2.74. The molecular formula is C22H24N2O4. The number of nitrogens with one attached hydrogen (secondary N) is 2. The second kappa shape index (κ2) is 8.17. The zero-order valence-electron chi connectivity index (χ0n) is 16.2. The number of hydrogen-bond acceptors (Lipinski definition) is 4. The van der Waals surface area contributed by atoms with Gasteiger partial charge in [0, 0.05) is 11.6 Å². The zero-order chi connectivity index (χ0) is 20.1. The van der Waals surface area contributed by atoms with Crippen LogP contribution in [0.4, 0.5) is 11.4 Å². The van der Waals surface area contributed by atoms with Crippen molar-refractivity contribution in [1.82, 2.24) is 0 Å². The summed E-state index contributed by atoms with van der Waals surface area (Å²) >= 11 is 0. The van der Waals surface area contributed by atoms with Crippen LogP contribution in [0.15, 0.2) is 48.5 Å². The largest absolute Gasteiger partial charge is 0.493 e. The summed E-state index contributed by atoms with van der Waals surface area (Å²) in [5.74, 6) is 0.662. The van der Waals surface area contributed by atoms with Crippen LogP contribution in [0.1, 0.15) is 32.8 Å². The van der Waals surface area contributed by atoms with Gasteiger partial charge in [-0.2, -0.15) is 0 Å². The van der Waals surface area contributed by atoms with Crippen molar-refractivity contribution in [2.45, 2.75) is 32.8 Å². The molecule has 0 radical (unpaired) electrons. The van der Waals surface area contributed by atoms with Crippen molar-refractivity contribution in [3.05, 3.63) is 54.1 Å². The predicted octanol–water partition coefficient (Wildman–Crippen LogP) is 4.24. The number of amides is 2. The normalized spacial score (nSPS) is 14.8. The molecule has 0 unspecified atom stereocenters. The maximum atomic E-state index is 12.4. The molecule has 6 nitrogen and oxygen atoms in total. The number of carbonyl (C=O) groups excluding carboxylic acids is 2. The van der Waals surface area contributed by atoms with Crippen LogP contribution in [0.2, 0.25) is 0 Å². The van der Waals surface area contributed by atoms with E-state index in [0.717, 1.165) is 17.7 Å². The molecule has 1 aliphatic heterocycles. The predicted molar refractivity (Wildman–Crippen MR) is 110 cm³/mol. The standard InChI is InChI=1S/C22H24N2O4/c1-4-14-27-17-10-6-5-8-15(17)12-13-19(25)23-16-9-7-11-18-20(16)24-21(26)22(2,3)28-18/h5-13H,4,14H2,1-3H3,(H,23,25)(H,24,26)/b13-12+. The van der Waals surface area contributed by atoms with Crippen LogP contribution in [-0.2, 0) is 9.59 Å². The second-order valence-electron chi connectivity index (χ2n) is 6.95. The Morgan fingerprint density at radius 3 is 2.79 bits per heavy atom. The van der Waals surface area contributed by atoms with Crippen LogP contribution in [0.5, 0.6) is 11.5 Å². The summed E-state index contributed by atoms with van der Waals surface area (Å²) in [4.78, 5) is 24.6. The average molecular weight is 380 g/mol. The van der Waals surface area contributed by atoms with E-state index in [4.69, 9.17) is 9.47 Å². The lowest BCUT2D eigenvalue weighted by Gasteiger charge is -2.32. The maximum Gasteiger partial charge on any atom is 0.268 e. The molecule has 146 valence electrons. The van der Waals surface area contributed by atoms with Gasteiger partial charge in [0.2, 0.25) is 5.91 Å². The van der Waals surface area contributed by atoms with Crippen molar-refractivity contribution < 1.29 is 19.1 Å². The number of hydrogen-bond donors (Lipinski definition) is 2. The minimum atomic E-state index is -0.961. The highest BCUT2D eigenvalue weighted by Crippen LogP contribution is 2.38. The van der Waals surface area contributed by atoms with E-state index in [-0.39, 0.29) is 11.8 Å². The first-order valence-corrected chi connectivity index (χ1v) is 9.25. The molecule has 2 amide bonds. The summed E-state index contributed by atoms with van der Waals surface area (Å²) in [6.07, 6.45) is 4.04. The average Bonchev–Trinajstić information content (AvgIpc) is 2.66. The molecule has 2 aromatic rings. The van der Waals surface area contributed by atoms with Crippen molar-refractivity contribution in [1.29, 1.82) is 0 Å². The fraction of sp³-hybridized carbons (Fsp3) is 0.273. The lowest BCUT2D eigenvalue weighted by Crippen LogP contribution is -2.45. The Morgan fingerprint density at radius 2 is 2.00 bits per heavy atom. The zero-order valence-corrected chi connectivity index (χ0v) is 16.2. The van der Waals surface area contributed by atoms with Crippen molar-refractivity contribution >= 4 is 29.3 Å². The van der Waals surface area contributed by atoms with Crippen LogP contribution in [0, 0.1) is 0 Å². The van der Waals surface area contributed by atoms with Gasteiger partial charge in [-0.25, -0.2) is 0 Å². The molecular weight excluding hydrogens is 356 g/mol. The number of benzene rings is 2. The molecule has 0 bridgehead atoms. The highest BCUT2D eigenvalue weighted by atomic mass is 16.5. The lowest BCUT2D eigenvalue weighted by molar-refractivity contribution is -0.129. The van der Waals surface area contributed by atoms with Gasteiger partial charge in [-0.3, -0.25) is 9.59 Å². The number of rotatable bonds is 6. The fourth-order valence-corrected chi connectivity index (χ4v) is 2.74. The summed E-state index contributed by atoms with van der Waals surface area (Å²) in [5.41, 5.74) is 0.795. The van der Waals surface area contributed by atoms with Crippen molar-refractivity contribution in [3.63, 3.8) is 0 Å². The molecule has 0 saturated carbocycles. The monoisotopic (exact) mass is 380 g/mol. The number of anilines is 2. The molecule has 28 heavy (non-hydrogen) atoms. The van der Waals surface area contributed by atoms with Gasteiger partial charge in [0.25, 0.3) is 5.91 Å². The summed E-state index contributed by atoms with van der Waals surface area (Å²) in [6, 6.07) is 12.8. The molecule has 2 N–H and O–H groups in total. The molecule has 1 aliphatic rings. The van der Waals surface area contributed by atoms with Crippen LogP contribution >= 0.6 is 0 Å². The molecule has 0 fully saturated rings. The SMILES string of the molecule is CCCOc1ccccc1/C=C/C(=O)Nc1cccc2c1NC(=O)C(C)(C)O2. The van der Waals surface area contributed by atoms with E-state index in [0.29, 0.717) is 23.7 Å². The number of ether oxygens (including phenoxy) is 2. The van der Waals surface area contributed by atoms with Crippen LogP contribution in [-0.4, -0.2) is 24.0 Å². The molecule has 0 atom stereocenters. The highest BCUT2D eigenvalue weighted by Gasteiger charge is 2.36. The first-order chi connectivity index (χ1) is 13.4.